The second-order valence-corrected chi connectivity index (χ2v) is 13.3. The summed E-state index contributed by atoms with van der Waals surface area (Å²) in [5.41, 5.74) is 2.85. The average molecular weight is 732 g/mol. The van der Waals surface area contributed by atoms with Gasteiger partial charge in [-0.05, 0) is 60.8 Å². The number of hydrogen-bond donors (Lipinski definition) is 3. The van der Waals surface area contributed by atoms with Crippen molar-refractivity contribution in [3.63, 3.8) is 0 Å². The summed E-state index contributed by atoms with van der Waals surface area (Å²) in [5, 5.41) is 14.4. The standard InChI is InChI=1S/C36H44Cl2N4O6S/c1-3-41(4-2)19-20-42(32(44)17-22-47-21-16-28-29(37)11-8-12-30(28)38)18-15-26(24-48-35(45)39-23-25-9-6-5-7-10-25)27-13-14-31(43)33-34(27)49-36(46)40-33/h5-14,26,43H,3-4,15-24H2,1-2H3,(H,39,45)(H,40,46). The number of likely N-dealkylation sites (N-methyl/N-ethyl adjacent to an activating group) is 1. The maximum atomic E-state index is 13.6. The second kappa shape index (κ2) is 19.5. The van der Waals surface area contributed by atoms with Crippen LogP contribution < -0.4 is 10.2 Å². The van der Waals surface area contributed by atoms with Gasteiger partial charge in [0.15, 0.2) is 0 Å². The molecule has 0 fully saturated rings. The molecule has 10 nitrogen and oxygen atoms in total. The molecular weight excluding hydrogens is 687 g/mol. The van der Waals surface area contributed by atoms with E-state index in [1.54, 1.807) is 24.3 Å². The van der Waals surface area contributed by atoms with E-state index in [1.165, 1.54) is 6.07 Å². The van der Waals surface area contributed by atoms with Crippen LogP contribution in [0.3, 0.4) is 0 Å². The Morgan fingerprint density at radius 3 is 2.41 bits per heavy atom. The number of halogens is 2. The second-order valence-electron chi connectivity index (χ2n) is 11.5. The molecule has 0 radical (unpaired) electrons. The number of phenolic OH excluding ortho intramolecular Hbond substituents is 1. The molecule has 3 N–H and O–H groups in total. The first kappa shape index (κ1) is 38.2. The highest BCUT2D eigenvalue weighted by molar-refractivity contribution is 7.16. The summed E-state index contributed by atoms with van der Waals surface area (Å²) >= 11 is 13.6. The third kappa shape index (κ3) is 11.5. The Bertz CT molecular complexity index is 1690. The van der Waals surface area contributed by atoms with Crippen molar-refractivity contribution < 1.29 is 24.2 Å². The number of thiazole rings is 1. The summed E-state index contributed by atoms with van der Waals surface area (Å²) in [6.45, 7) is 8.44. The number of carbonyl (C=O) groups excluding carboxylic acids is 2. The van der Waals surface area contributed by atoms with Crippen molar-refractivity contribution in [3.05, 3.63) is 97.1 Å². The number of alkyl carbamates (subject to hydrolysis) is 1. The van der Waals surface area contributed by atoms with Gasteiger partial charge >= 0.3 is 11.0 Å². The van der Waals surface area contributed by atoms with Crippen molar-refractivity contribution >= 4 is 56.8 Å². The quantitative estimate of drug-likeness (QED) is 0.0905. The molecule has 4 aromatic rings. The van der Waals surface area contributed by atoms with E-state index in [-0.39, 0.29) is 42.1 Å². The number of ether oxygens (including phenoxy) is 2. The number of nitrogens with one attached hydrogen (secondary N) is 2. The van der Waals surface area contributed by atoms with E-state index in [0.717, 1.165) is 41.1 Å². The van der Waals surface area contributed by atoms with Crippen molar-refractivity contribution in [3.8, 4) is 5.75 Å². The van der Waals surface area contributed by atoms with Crippen LogP contribution in [0.2, 0.25) is 10.0 Å². The van der Waals surface area contributed by atoms with Crippen LogP contribution in [0.15, 0.2) is 65.5 Å². The van der Waals surface area contributed by atoms with Crippen LogP contribution in [0.4, 0.5) is 4.79 Å². The molecule has 0 saturated carbocycles. The first-order valence-corrected chi connectivity index (χ1v) is 18.1. The maximum absolute atomic E-state index is 13.6. The minimum atomic E-state index is -0.573. The van der Waals surface area contributed by atoms with Gasteiger partial charge in [0.2, 0.25) is 5.91 Å². The first-order valence-electron chi connectivity index (χ1n) is 16.5. The summed E-state index contributed by atoms with van der Waals surface area (Å²) < 4.78 is 12.1. The molecular formula is C36H44Cl2N4O6S. The molecule has 1 heterocycles. The smallest absolute Gasteiger partial charge is 0.407 e. The van der Waals surface area contributed by atoms with Gasteiger partial charge in [-0.3, -0.25) is 9.59 Å². The Labute approximate surface area is 300 Å². The van der Waals surface area contributed by atoms with Crippen molar-refractivity contribution in [2.45, 2.75) is 45.6 Å². The lowest BCUT2D eigenvalue weighted by Crippen LogP contribution is -2.40. The van der Waals surface area contributed by atoms with Crippen LogP contribution in [0.1, 0.15) is 49.3 Å². The minimum absolute atomic E-state index is 0.0123. The van der Waals surface area contributed by atoms with Crippen molar-refractivity contribution in [2.75, 3.05) is 52.5 Å². The molecule has 4 rings (SSSR count). The van der Waals surface area contributed by atoms with Gasteiger partial charge < -0.3 is 34.7 Å². The topological polar surface area (TPSA) is 124 Å². The predicted molar refractivity (Wildman–Crippen MR) is 196 cm³/mol. The summed E-state index contributed by atoms with van der Waals surface area (Å²) in [6, 6.07) is 18.2. The van der Waals surface area contributed by atoms with Gasteiger partial charge in [-0.15, -0.1) is 0 Å². The number of fused-ring (bicyclic) bond motifs is 1. The van der Waals surface area contributed by atoms with Crippen LogP contribution in [-0.4, -0.2) is 84.4 Å². The average Bonchev–Trinajstić information content (AvgIpc) is 3.50. The Kier molecular flexibility index (Phi) is 15.2. The zero-order valence-corrected chi connectivity index (χ0v) is 30.2. The van der Waals surface area contributed by atoms with E-state index in [2.05, 4.69) is 29.0 Å². The van der Waals surface area contributed by atoms with Crippen LogP contribution in [0.5, 0.6) is 5.75 Å². The van der Waals surface area contributed by atoms with Gasteiger partial charge in [-0.1, -0.05) is 90.9 Å². The maximum Gasteiger partial charge on any atom is 0.407 e. The number of nitrogens with zero attached hydrogens (tertiary/aromatic N) is 2. The first-order chi connectivity index (χ1) is 23.7. The molecule has 264 valence electrons. The monoisotopic (exact) mass is 730 g/mol. The van der Waals surface area contributed by atoms with E-state index < -0.39 is 6.09 Å². The molecule has 0 aliphatic heterocycles. The molecule has 13 heteroatoms. The molecule has 3 aromatic carbocycles. The van der Waals surface area contributed by atoms with Gasteiger partial charge in [-0.2, -0.15) is 0 Å². The zero-order valence-electron chi connectivity index (χ0n) is 27.9. The third-order valence-electron chi connectivity index (χ3n) is 8.42. The highest BCUT2D eigenvalue weighted by Gasteiger charge is 2.23. The Balaban J connectivity index is 1.44. The van der Waals surface area contributed by atoms with Gasteiger partial charge in [0, 0.05) is 42.1 Å². The highest BCUT2D eigenvalue weighted by Crippen LogP contribution is 2.34. The lowest BCUT2D eigenvalue weighted by atomic mass is 9.95. The number of benzene rings is 3. The summed E-state index contributed by atoms with van der Waals surface area (Å²) in [7, 11) is 0. The van der Waals surface area contributed by atoms with Crippen molar-refractivity contribution in [1.29, 1.82) is 0 Å². The summed E-state index contributed by atoms with van der Waals surface area (Å²) in [6.07, 6.45) is 0.607. The van der Waals surface area contributed by atoms with E-state index in [9.17, 15) is 19.5 Å². The van der Waals surface area contributed by atoms with Crippen LogP contribution in [0.25, 0.3) is 10.2 Å². The number of carbonyl (C=O) groups is 2. The SMILES string of the molecule is CCN(CC)CCN(CCC(COC(=O)NCc1ccccc1)c1ccc(O)c2[nH]c(=O)sc12)C(=O)CCOCCc1c(Cl)cccc1Cl. The third-order valence-corrected chi connectivity index (χ3v) is 10.1. The van der Waals surface area contributed by atoms with Crippen molar-refractivity contribution in [1.82, 2.24) is 20.1 Å². The van der Waals surface area contributed by atoms with E-state index in [1.807, 2.05) is 35.2 Å². The largest absolute Gasteiger partial charge is 0.506 e. The number of hydrogen-bond acceptors (Lipinski definition) is 8. The normalized spacial score (nSPS) is 11.9. The number of aromatic amines is 1. The van der Waals surface area contributed by atoms with E-state index in [4.69, 9.17) is 32.7 Å². The molecule has 1 aromatic heterocycles. The van der Waals surface area contributed by atoms with Crippen molar-refractivity contribution in [2.24, 2.45) is 0 Å². The number of phenols is 1. The van der Waals surface area contributed by atoms with Crippen LogP contribution in [0, 0.1) is 0 Å². The lowest BCUT2D eigenvalue weighted by Gasteiger charge is -2.28. The number of rotatable bonds is 19. The van der Waals surface area contributed by atoms with E-state index in [0.29, 0.717) is 65.9 Å². The summed E-state index contributed by atoms with van der Waals surface area (Å²) in [5.74, 6) is -0.451. The molecule has 0 aliphatic rings. The molecule has 1 atom stereocenters. The van der Waals surface area contributed by atoms with Gasteiger partial charge in [0.25, 0.3) is 0 Å². The molecule has 2 amide bonds. The predicted octanol–water partition coefficient (Wildman–Crippen LogP) is 6.82. The van der Waals surface area contributed by atoms with E-state index >= 15 is 0 Å². The molecule has 49 heavy (non-hydrogen) atoms. The Morgan fingerprint density at radius 2 is 1.69 bits per heavy atom. The molecule has 0 saturated heterocycles. The fourth-order valence-electron chi connectivity index (χ4n) is 5.53. The number of amides is 2. The number of aromatic hydroxyl groups is 1. The van der Waals surface area contributed by atoms with Gasteiger partial charge in [-0.25, -0.2) is 4.79 Å². The molecule has 0 bridgehead atoms. The number of H-pyrrole nitrogens is 1. The molecule has 1 unspecified atom stereocenters. The number of aromatic nitrogens is 1. The zero-order chi connectivity index (χ0) is 35.2. The molecule has 0 spiro atoms. The van der Waals surface area contributed by atoms with Gasteiger partial charge in [0.1, 0.15) is 17.9 Å². The molecule has 0 aliphatic carbocycles. The minimum Gasteiger partial charge on any atom is -0.506 e. The highest BCUT2D eigenvalue weighted by atomic mass is 35.5. The fourth-order valence-corrected chi connectivity index (χ4v) is 7.06. The lowest BCUT2D eigenvalue weighted by molar-refractivity contribution is -0.132. The fraction of sp³-hybridized carbons (Fsp3) is 0.417. The summed E-state index contributed by atoms with van der Waals surface area (Å²) in [4.78, 5) is 45.1. The van der Waals surface area contributed by atoms with Crippen LogP contribution >= 0.6 is 34.5 Å². The Hall–Kier alpha value is -3.61. The van der Waals surface area contributed by atoms with Crippen LogP contribution in [-0.2, 0) is 27.2 Å². The Morgan fingerprint density at radius 1 is 0.959 bits per heavy atom. The van der Waals surface area contributed by atoms with Gasteiger partial charge in [0.05, 0.1) is 24.3 Å².